The van der Waals surface area contributed by atoms with E-state index in [0.717, 1.165) is 28.9 Å². The Labute approximate surface area is 141 Å². The maximum Gasteiger partial charge on any atom is 0.234 e. The predicted molar refractivity (Wildman–Crippen MR) is 91.4 cm³/mol. The van der Waals surface area contributed by atoms with Gasteiger partial charge < -0.3 is 0 Å². The number of nitrogens with one attached hydrogen (secondary N) is 1. The normalized spacial score (nSPS) is 22.8. The maximum atomic E-state index is 12.1. The molecule has 1 aliphatic heterocycles. The highest BCUT2D eigenvalue weighted by molar-refractivity contribution is 6.01. The molecule has 1 atom stereocenters. The number of amides is 2. The Morgan fingerprint density at radius 3 is 2.75 bits per heavy atom. The molecule has 0 spiro atoms. The molecular weight excluding hydrogens is 302 g/mol. The van der Waals surface area contributed by atoms with Gasteiger partial charge in [-0.1, -0.05) is 25.3 Å². The minimum Gasteiger partial charge on any atom is -0.296 e. The Kier molecular flexibility index (Phi) is 4.08. The summed E-state index contributed by atoms with van der Waals surface area (Å²) < 4.78 is 2.06. The summed E-state index contributed by atoms with van der Waals surface area (Å²) in [6.45, 7) is 0.989. The van der Waals surface area contributed by atoms with Gasteiger partial charge in [0.1, 0.15) is 0 Å². The smallest absolute Gasteiger partial charge is 0.234 e. The predicted octanol–water partition coefficient (Wildman–Crippen LogP) is 3.14. The number of rotatable bonds is 3. The third kappa shape index (κ3) is 3.07. The van der Waals surface area contributed by atoms with Crippen molar-refractivity contribution in [2.45, 2.75) is 57.4 Å². The first-order chi connectivity index (χ1) is 11.7. The quantitative estimate of drug-likeness (QED) is 0.882. The van der Waals surface area contributed by atoms with E-state index in [1.165, 1.54) is 32.1 Å². The number of aromatic nitrogens is 2. The van der Waals surface area contributed by atoms with Crippen LogP contribution in [0.4, 0.5) is 0 Å². The number of fused-ring (bicyclic) bond motifs is 1. The van der Waals surface area contributed by atoms with Crippen molar-refractivity contribution >= 4 is 22.7 Å². The molecule has 2 amide bonds. The van der Waals surface area contributed by atoms with Crippen molar-refractivity contribution in [1.29, 1.82) is 0 Å². The number of imide groups is 1. The van der Waals surface area contributed by atoms with Crippen LogP contribution in [0.25, 0.3) is 10.9 Å². The minimum absolute atomic E-state index is 0.169. The molecule has 0 bridgehead atoms. The van der Waals surface area contributed by atoms with Gasteiger partial charge >= 0.3 is 0 Å². The van der Waals surface area contributed by atoms with Crippen LogP contribution in [0.3, 0.4) is 0 Å². The molecule has 1 saturated carbocycles. The van der Waals surface area contributed by atoms with Gasteiger partial charge in [0.05, 0.1) is 11.4 Å². The zero-order chi connectivity index (χ0) is 16.5. The number of nitrogens with zero attached hydrogens (tertiary/aromatic N) is 2. The van der Waals surface area contributed by atoms with Gasteiger partial charge in [-0.3, -0.25) is 19.6 Å². The lowest BCUT2D eigenvalue weighted by Gasteiger charge is -2.21. The topological polar surface area (TPSA) is 64.0 Å². The van der Waals surface area contributed by atoms with Crippen molar-refractivity contribution in [3.8, 4) is 0 Å². The van der Waals surface area contributed by atoms with E-state index in [0.29, 0.717) is 12.8 Å². The van der Waals surface area contributed by atoms with Gasteiger partial charge in [0.25, 0.3) is 0 Å². The summed E-state index contributed by atoms with van der Waals surface area (Å²) in [7, 11) is 0. The third-order valence-corrected chi connectivity index (χ3v) is 5.39. The molecule has 4 rings (SSSR count). The third-order valence-electron chi connectivity index (χ3n) is 5.39. The van der Waals surface area contributed by atoms with Crippen molar-refractivity contribution in [3.05, 3.63) is 30.0 Å². The van der Waals surface area contributed by atoms with Crippen LogP contribution < -0.4 is 5.32 Å². The fourth-order valence-electron chi connectivity index (χ4n) is 4.05. The lowest BCUT2D eigenvalue weighted by Crippen LogP contribution is -2.39. The van der Waals surface area contributed by atoms with Gasteiger partial charge in [0.15, 0.2) is 0 Å². The molecule has 5 nitrogen and oxygen atoms in total. The first-order valence-corrected chi connectivity index (χ1v) is 9.00. The van der Waals surface area contributed by atoms with Gasteiger partial charge in [0, 0.05) is 24.5 Å². The Morgan fingerprint density at radius 1 is 1.12 bits per heavy atom. The zero-order valence-corrected chi connectivity index (χ0v) is 13.8. The molecule has 2 aromatic rings. The molecule has 2 fully saturated rings. The summed E-state index contributed by atoms with van der Waals surface area (Å²) in [5.41, 5.74) is 1.95. The number of hydrogen-bond acceptors (Lipinski definition) is 3. The van der Waals surface area contributed by atoms with E-state index < -0.39 is 0 Å². The fraction of sp³-hybridized carbons (Fsp3) is 0.526. The summed E-state index contributed by atoms with van der Waals surface area (Å²) in [4.78, 5) is 23.4. The van der Waals surface area contributed by atoms with E-state index >= 15 is 0 Å². The van der Waals surface area contributed by atoms with Crippen molar-refractivity contribution in [2.24, 2.45) is 5.92 Å². The molecule has 126 valence electrons. The van der Waals surface area contributed by atoms with E-state index in [1.54, 1.807) is 0 Å². The summed E-state index contributed by atoms with van der Waals surface area (Å²) in [6.07, 6.45) is 9.75. The molecule has 24 heavy (non-hydrogen) atoms. The molecule has 1 aliphatic carbocycles. The van der Waals surface area contributed by atoms with Crippen LogP contribution in [0.2, 0.25) is 0 Å². The molecule has 1 aromatic heterocycles. The molecule has 1 saturated heterocycles. The van der Waals surface area contributed by atoms with Crippen LogP contribution in [0.15, 0.2) is 24.4 Å². The molecule has 1 aromatic carbocycles. The summed E-state index contributed by atoms with van der Waals surface area (Å²) in [5, 5.41) is 8.20. The molecular formula is C19H23N3O2. The van der Waals surface area contributed by atoms with E-state index in [9.17, 15) is 9.59 Å². The van der Waals surface area contributed by atoms with Crippen LogP contribution in [-0.4, -0.2) is 21.6 Å². The van der Waals surface area contributed by atoms with Crippen molar-refractivity contribution in [2.75, 3.05) is 0 Å². The standard InChI is InChI=1S/C19H23N3O2/c23-18-9-7-16(19(24)20-18)14-6-8-17-15(10-14)12-22(21-17)11-13-4-2-1-3-5-13/h6,8,10,12-13,16H,1-5,7,9,11H2,(H,20,23,24). The largest absolute Gasteiger partial charge is 0.296 e. The van der Waals surface area contributed by atoms with Crippen LogP contribution in [0.1, 0.15) is 56.4 Å². The van der Waals surface area contributed by atoms with Crippen LogP contribution in [0.5, 0.6) is 0 Å². The maximum absolute atomic E-state index is 12.1. The molecule has 1 N–H and O–H groups in total. The van der Waals surface area contributed by atoms with Gasteiger partial charge in [-0.25, -0.2) is 0 Å². The lowest BCUT2D eigenvalue weighted by molar-refractivity contribution is -0.134. The van der Waals surface area contributed by atoms with Crippen molar-refractivity contribution < 1.29 is 9.59 Å². The monoisotopic (exact) mass is 325 g/mol. The number of benzene rings is 1. The van der Waals surface area contributed by atoms with Crippen LogP contribution >= 0.6 is 0 Å². The lowest BCUT2D eigenvalue weighted by atomic mass is 9.89. The SMILES string of the molecule is O=C1CCC(c2ccc3nn(CC4CCCCC4)cc3c2)C(=O)N1. The Balaban J connectivity index is 1.54. The van der Waals surface area contributed by atoms with Gasteiger partial charge in [-0.2, -0.15) is 5.10 Å². The van der Waals surface area contributed by atoms with E-state index in [1.807, 2.05) is 12.1 Å². The van der Waals surface area contributed by atoms with E-state index in [-0.39, 0.29) is 17.7 Å². The highest BCUT2D eigenvalue weighted by atomic mass is 16.2. The highest BCUT2D eigenvalue weighted by Gasteiger charge is 2.28. The number of carbonyl (C=O) groups is 2. The van der Waals surface area contributed by atoms with Crippen LogP contribution in [0, 0.1) is 5.92 Å². The molecule has 5 heteroatoms. The van der Waals surface area contributed by atoms with Gasteiger partial charge in [-0.05, 0) is 42.9 Å². The Bertz CT molecular complexity index is 774. The number of hydrogen-bond donors (Lipinski definition) is 1. The molecule has 1 unspecified atom stereocenters. The fourth-order valence-corrected chi connectivity index (χ4v) is 4.05. The second kappa shape index (κ2) is 6.38. The average Bonchev–Trinajstić information content (AvgIpc) is 2.97. The summed E-state index contributed by atoms with van der Waals surface area (Å²) >= 11 is 0. The van der Waals surface area contributed by atoms with Gasteiger partial charge in [-0.15, -0.1) is 0 Å². The number of carbonyl (C=O) groups excluding carboxylic acids is 2. The average molecular weight is 325 g/mol. The van der Waals surface area contributed by atoms with Crippen molar-refractivity contribution in [3.63, 3.8) is 0 Å². The van der Waals surface area contributed by atoms with Crippen molar-refractivity contribution in [1.82, 2.24) is 15.1 Å². The van der Waals surface area contributed by atoms with E-state index in [4.69, 9.17) is 0 Å². The first kappa shape index (κ1) is 15.4. The molecule has 2 aliphatic rings. The Morgan fingerprint density at radius 2 is 1.96 bits per heavy atom. The second-order valence-electron chi connectivity index (χ2n) is 7.18. The highest BCUT2D eigenvalue weighted by Crippen LogP contribution is 2.28. The number of piperidine rings is 1. The van der Waals surface area contributed by atoms with Crippen LogP contribution in [-0.2, 0) is 16.1 Å². The molecule has 2 heterocycles. The summed E-state index contributed by atoms with van der Waals surface area (Å²) in [6, 6.07) is 6.02. The van der Waals surface area contributed by atoms with Gasteiger partial charge in [0.2, 0.25) is 11.8 Å². The minimum atomic E-state index is -0.228. The zero-order valence-electron chi connectivity index (χ0n) is 13.8. The second-order valence-corrected chi connectivity index (χ2v) is 7.18. The Hall–Kier alpha value is -2.17. The van der Waals surface area contributed by atoms with E-state index in [2.05, 4.69) is 27.4 Å². The molecule has 0 radical (unpaired) electrons. The summed E-state index contributed by atoms with van der Waals surface area (Å²) in [5.74, 6) is 0.161. The first-order valence-electron chi connectivity index (χ1n) is 9.00.